The van der Waals surface area contributed by atoms with Crippen LogP contribution in [0.15, 0.2) is 17.2 Å². The van der Waals surface area contributed by atoms with Gasteiger partial charge in [-0.1, -0.05) is 0 Å². The second-order valence-electron chi connectivity index (χ2n) is 5.31. The van der Waals surface area contributed by atoms with Crippen molar-refractivity contribution in [2.75, 3.05) is 5.32 Å². The zero-order valence-electron chi connectivity index (χ0n) is 10.3. The van der Waals surface area contributed by atoms with Crippen molar-refractivity contribution in [1.29, 1.82) is 0 Å². The van der Waals surface area contributed by atoms with Crippen LogP contribution in [0.3, 0.4) is 0 Å². The molecule has 3 rings (SSSR count). The Bertz CT molecular complexity index is 475. The van der Waals surface area contributed by atoms with E-state index >= 15 is 0 Å². The summed E-state index contributed by atoms with van der Waals surface area (Å²) in [6.07, 6.45) is 9.81. The van der Waals surface area contributed by atoms with Crippen molar-refractivity contribution < 1.29 is 0 Å². The molecule has 0 saturated heterocycles. The number of hydrogen-bond acceptors (Lipinski definition) is 3. The van der Waals surface area contributed by atoms with Gasteiger partial charge < -0.3 is 9.88 Å². The fraction of sp³-hybridized carbons (Fsp3) is 0.692. The molecule has 2 fully saturated rings. The molecule has 2 aliphatic carbocycles. The van der Waals surface area contributed by atoms with Gasteiger partial charge in [0.15, 0.2) is 5.82 Å². The topological polar surface area (TPSA) is 46.9 Å². The number of nitrogens with zero attached hydrogens (tertiary/aromatic N) is 2. The predicted octanol–water partition coefficient (Wildman–Crippen LogP) is 2.54. The average Bonchev–Trinajstić information content (AvgIpc) is 3.19. The molecule has 0 atom stereocenters. The number of alkyl halides is 1. The van der Waals surface area contributed by atoms with Crippen LogP contribution in [0, 0.1) is 0 Å². The van der Waals surface area contributed by atoms with Gasteiger partial charge in [0.2, 0.25) is 0 Å². The normalized spacial score (nSPS) is 28.1. The molecule has 0 aliphatic heterocycles. The van der Waals surface area contributed by atoms with E-state index in [1.54, 1.807) is 12.4 Å². The predicted molar refractivity (Wildman–Crippen MR) is 72.3 cm³/mol. The van der Waals surface area contributed by atoms with Crippen LogP contribution in [0.4, 0.5) is 5.82 Å². The van der Waals surface area contributed by atoms with Crippen molar-refractivity contribution >= 4 is 17.4 Å². The molecule has 1 N–H and O–H groups in total. The first kappa shape index (κ1) is 12.0. The van der Waals surface area contributed by atoms with E-state index in [1.807, 2.05) is 4.57 Å². The first-order chi connectivity index (χ1) is 8.74. The summed E-state index contributed by atoms with van der Waals surface area (Å²) in [5.74, 6) is 0.502. The summed E-state index contributed by atoms with van der Waals surface area (Å²) in [6.45, 7) is 0. The molecule has 1 aromatic rings. The van der Waals surface area contributed by atoms with E-state index in [0.29, 0.717) is 23.3 Å². The van der Waals surface area contributed by atoms with Crippen molar-refractivity contribution in [3.8, 4) is 0 Å². The Kier molecular flexibility index (Phi) is 3.29. The molecular formula is C13H18ClN3O. The van der Waals surface area contributed by atoms with Crippen molar-refractivity contribution in [2.45, 2.75) is 56.0 Å². The third-order valence-electron chi connectivity index (χ3n) is 3.81. The lowest BCUT2D eigenvalue weighted by atomic mass is 9.95. The van der Waals surface area contributed by atoms with Gasteiger partial charge in [-0.2, -0.15) is 0 Å². The van der Waals surface area contributed by atoms with E-state index in [1.165, 1.54) is 0 Å². The summed E-state index contributed by atoms with van der Waals surface area (Å²) in [7, 11) is 0. The summed E-state index contributed by atoms with van der Waals surface area (Å²) >= 11 is 6.08. The van der Waals surface area contributed by atoms with E-state index < -0.39 is 0 Å². The van der Waals surface area contributed by atoms with Crippen molar-refractivity contribution in [1.82, 2.24) is 9.55 Å². The summed E-state index contributed by atoms with van der Waals surface area (Å²) in [4.78, 5) is 16.4. The molecule has 0 aromatic carbocycles. The average molecular weight is 268 g/mol. The second-order valence-corrected chi connectivity index (χ2v) is 5.93. The molecule has 0 amide bonds. The second kappa shape index (κ2) is 4.92. The molecule has 98 valence electrons. The Morgan fingerprint density at radius 2 is 1.94 bits per heavy atom. The Morgan fingerprint density at radius 3 is 2.61 bits per heavy atom. The molecule has 4 nitrogen and oxygen atoms in total. The van der Waals surface area contributed by atoms with Crippen LogP contribution in [-0.4, -0.2) is 21.0 Å². The lowest BCUT2D eigenvalue weighted by Crippen LogP contribution is -2.31. The van der Waals surface area contributed by atoms with Crippen LogP contribution >= 0.6 is 11.6 Å². The number of hydrogen-bond donors (Lipinski definition) is 1. The Hall–Kier alpha value is -1.03. The largest absolute Gasteiger partial charge is 0.363 e. The minimum atomic E-state index is 0.0213. The van der Waals surface area contributed by atoms with Crippen LogP contribution in [0.5, 0.6) is 0 Å². The summed E-state index contributed by atoms with van der Waals surface area (Å²) < 4.78 is 1.81. The number of halogens is 1. The van der Waals surface area contributed by atoms with Gasteiger partial charge in [-0.05, 0) is 38.5 Å². The first-order valence-corrected chi connectivity index (χ1v) is 7.15. The third-order valence-corrected chi connectivity index (χ3v) is 4.24. The molecule has 5 heteroatoms. The van der Waals surface area contributed by atoms with Crippen LogP contribution in [0.25, 0.3) is 0 Å². The lowest BCUT2D eigenvalue weighted by molar-refractivity contribution is 0.466. The quantitative estimate of drug-likeness (QED) is 0.856. The molecule has 18 heavy (non-hydrogen) atoms. The number of nitrogens with one attached hydrogen (secondary N) is 1. The molecule has 0 radical (unpaired) electrons. The van der Waals surface area contributed by atoms with Gasteiger partial charge in [-0.25, -0.2) is 4.98 Å². The van der Waals surface area contributed by atoms with Crippen molar-refractivity contribution in [3.63, 3.8) is 0 Å². The van der Waals surface area contributed by atoms with Gasteiger partial charge in [-0.15, -0.1) is 11.6 Å². The van der Waals surface area contributed by atoms with Crippen LogP contribution in [-0.2, 0) is 0 Å². The van der Waals surface area contributed by atoms with Crippen molar-refractivity contribution in [2.24, 2.45) is 0 Å². The van der Waals surface area contributed by atoms with Gasteiger partial charge in [0.05, 0.1) is 0 Å². The van der Waals surface area contributed by atoms with E-state index in [9.17, 15) is 4.79 Å². The van der Waals surface area contributed by atoms with Gasteiger partial charge >= 0.3 is 0 Å². The lowest BCUT2D eigenvalue weighted by Gasteiger charge is -2.26. The molecule has 0 unspecified atom stereocenters. The molecule has 1 aromatic heterocycles. The van der Waals surface area contributed by atoms with E-state index in [2.05, 4.69) is 10.3 Å². The van der Waals surface area contributed by atoms with Crippen LogP contribution in [0.2, 0.25) is 0 Å². The van der Waals surface area contributed by atoms with Crippen molar-refractivity contribution in [3.05, 3.63) is 22.7 Å². The molecule has 2 aliphatic rings. The molecule has 0 bridgehead atoms. The van der Waals surface area contributed by atoms with Gasteiger partial charge in [0.1, 0.15) is 0 Å². The molecular weight excluding hydrogens is 250 g/mol. The van der Waals surface area contributed by atoms with Crippen LogP contribution < -0.4 is 10.9 Å². The van der Waals surface area contributed by atoms with Gasteiger partial charge in [0, 0.05) is 29.9 Å². The highest BCUT2D eigenvalue weighted by Crippen LogP contribution is 2.33. The summed E-state index contributed by atoms with van der Waals surface area (Å²) in [5, 5.41) is 3.59. The number of anilines is 1. The maximum Gasteiger partial charge on any atom is 0.293 e. The fourth-order valence-corrected chi connectivity index (χ4v) is 2.81. The minimum Gasteiger partial charge on any atom is -0.363 e. The minimum absolute atomic E-state index is 0.0213. The Morgan fingerprint density at radius 1 is 1.22 bits per heavy atom. The number of aromatic nitrogens is 2. The zero-order chi connectivity index (χ0) is 12.5. The molecule has 0 spiro atoms. The number of rotatable bonds is 3. The van der Waals surface area contributed by atoms with Crippen LogP contribution in [0.1, 0.15) is 44.6 Å². The SMILES string of the molecule is O=c1c(NC2CCC(Cl)CC2)nccn1C1CC1. The summed E-state index contributed by atoms with van der Waals surface area (Å²) in [6, 6.07) is 0.745. The highest BCUT2D eigenvalue weighted by atomic mass is 35.5. The highest BCUT2D eigenvalue weighted by molar-refractivity contribution is 6.20. The smallest absolute Gasteiger partial charge is 0.293 e. The zero-order valence-corrected chi connectivity index (χ0v) is 11.1. The third kappa shape index (κ3) is 2.53. The van der Waals surface area contributed by atoms with E-state index in [0.717, 1.165) is 38.5 Å². The van der Waals surface area contributed by atoms with Gasteiger partial charge in [-0.3, -0.25) is 4.79 Å². The molecule has 1 heterocycles. The summed E-state index contributed by atoms with van der Waals surface area (Å²) in [5.41, 5.74) is 0.0213. The maximum absolute atomic E-state index is 12.2. The van der Waals surface area contributed by atoms with E-state index in [4.69, 9.17) is 11.6 Å². The highest BCUT2D eigenvalue weighted by Gasteiger charge is 2.26. The van der Waals surface area contributed by atoms with Gasteiger partial charge in [0.25, 0.3) is 5.56 Å². The first-order valence-electron chi connectivity index (χ1n) is 6.72. The fourth-order valence-electron chi connectivity index (χ4n) is 2.55. The maximum atomic E-state index is 12.2. The Labute approximate surface area is 111 Å². The van der Waals surface area contributed by atoms with E-state index in [-0.39, 0.29) is 5.56 Å². The standard InChI is InChI=1S/C13H18ClN3O/c14-9-1-3-10(4-2-9)16-12-13(18)17(8-7-15-12)11-5-6-11/h7-11H,1-6H2,(H,15,16). The molecule has 2 saturated carbocycles. The Balaban J connectivity index is 1.72. The monoisotopic (exact) mass is 267 g/mol.